The molecule has 68 valence electrons. The van der Waals surface area contributed by atoms with E-state index in [1.807, 2.05) is 11.3 Å². The first-order chi connectivity index (χ1) is 5.70. The molecule has 1 atom stereocenters. The maximum absolute atomic E-state index is 3.49. The van der Waals surface area contributed by atoms with E-state index in [2.05, 4.69) is 43.6 Å². The Bertz CT molecular complexity index is 204. The molecule has 0 aliphatic heterocycles. The fourth-order valence-electron chi connectivity index (χ4n) is 1.05. The monoisotopic (exact) mass is 183 g/mol. The quantitative estimate of drug-likeness (QED) is 0.756. The highest BCUT2D eigenvalue weighted by Crippen LogP contribution is 2.17. The standard InChI is InChI=1S/C10H17NS/c1-8(2)7-11-9(3)10-5-4-6-12-10/h4-6,8-9,11H,7H2,1-3H3/t9-/m0/s1. The van der Waals surface area contributed by atoms with Gasteiger partial charge in [-0.05, 0) is 30.8 Å². The molecule has 12 heavy (non-hydrogen) atoms. The maximum atomic E-state index is 3.49. The lowest BCUT2D eigenvalue weighted by atomic mass is 10.2. The summed E-state index contributed by atoms with van der Waals surface area (Å²) in [5.74, 6) is 0.729. The largest absolute Gasteiger partial charge is 0.309 e. The first-order valence-electron chi connectivity index (χ1n) is 4.47. The van der Waals surface area contributed by atoms with Crippen molar-refractivity contribution in [2.24, 2.45) is 5.92 Å². The summed E-state index contributed by atoms with van der Waals surface area (Å²) in [6.45, 7) is 7.77. The minimum atomic E-state index is 0.507. The number of hydrogen-bond donors (Lipinski definition) is 1. The molecule has 0 saturated carbocycles. The molecule has 0 aliphatic rings. The van der Waals surface area contributed by atoms with Crippen molar-refractivity contribution in [3.05, 3.63) is 22.4 Å². The highest BCUT2D eigenvalue weighted by molar-refractivity contribution is 7.10. The normalized spacial score (nSPS) is 13.7. The highest BCUT2D eigenvalue weighted by atomic mass is 32.1. The average molecular weight is 183 g/mol. The maximum Gasteiger partial charge on any atom is 0.0386 e. The molecule has 1 rings (SSSR count). The van der Waals surface area contributed by atoms with Crippen molar-refractivity contribution in [2.75, 3.05) is 6.54 Å². The van der Waals surface area contributed by atoms with Gasteiger partial charge in [-0.25, -0.2) is 0 Å². The summed E-state index contributed by atoms with van der Waals surface area (Å²) in [7, 11) is 0. The van der Waals surface area contributed by atoms with Gasteiger partial charge in [-0.1, -0.05) is 19.9 Å². The highest BCUT2D eigenvalue weighted by Gasteiger charge is 2.05. The van der Waals surface area contributed by atoms with Crippen LogP contribution in [0.4, 0.5) is 0 Å². The van der Waals surface area contributed by atoms with Crippen molar-refractivity contribution < 1.29 is 0 Å². The Balaban J connectivity index is 2.34. The first kappa shape index (κ1) is 9.75. The number of thiophene rings is 1. The molecule has 0 spiro atoms. The van der Waals surface area contributed by atoms with Crippen molar-refractivity contribution in [1.82, 2.24) is 5.32 Å². The van der Waals surface area contributed by atoms with Crippen LogP contribution in [0.1, 0.15) is 31.7 Å². The smallest absolute Gasteiger partial charge is 0.0386 e. The molecule has 0 aromatic carbocycles. The average Bonchev–Trinajstić information content (AvgIpc) is 2.51. The lowest BCUT2D eigenvalue weighted by Crippen LogP contribution is -2.22. The second kappa shape index (κ2) is 4.63. The van der Waals surface area contributed by atoms with Crippen LogP contribution in [0, 0.1) is 5.92 Å². The number of nitrogens with one attached hydrogen (secondary N) is 1. The summed E-state index contributed by atoms with van der Waals surface area (Å²) in [4.78, 5) is 1.43. The van der Waals surface area contributed by atoms with E-state index in [4.69, 9.17) is 0 Å². The summed E-state index contributed by atoms with van der Waals surface area (Å²) in [6, 6.07) is 4.79. The van der Waals surface area contributed by atoms with E-state index in [9.17, 15) is 0 Å². The van der Waals surface area contributed by atoms with Gasteiger partial charge in [-0.15, -0.1) is 11.3 Å². The van der Waals surface area contributed by atoms with E-state index in [1.54, 1.807) is 0 Å². The van der Waals surface area contributed by atoms with Gasteiger partial charge in [0.05, 0.1) is 0 Å². The Morgan fingerprint density at radius 3 is 2.67 bits per heavy atom. The Morgan fingerprint density at radius 2 is 2.17 bits per heavy atom. The van der Waals surface area contributed by atoms with Gasteiger partial charge in [0.15, 0.2) is 0 Å². The fourth-order valence-corrected chi connectivity index (χ4v) is 1.81. The Kier molecular flexibility index (Phi) is 3.76. The fraction of sp³-hybridized carbons (Fsp3) is 0.600. The minimum Gasteiger partial charge on any atom is -0.309 e. The van der Waals surface area contributed by atoms with Crippen LogP contribution >= 0.6 is 11.3 Å². The van der Waals surface area contributed by atoms with Crippen molar-refractivity contribution in [3.8, 4) is 0 Å². The topological polar surface area (TPSA) is 12.0 Å². The molecule has 1 nitrogen and oxygen atoms in total. The van der Waals surface area contributed by atoms with E-state index in [0.29, 0.717) is 6.04 Å². The van der Waals surface area contributed by atoms with Crippen LogP contribution < -0.4 is 5.32 Å². The summed E-state index contributed by atoms with van der Waals surface area (Å²) < 4.78 is 0. The van der Waals surface area contributed by atoms with Gasteiger partial charge in [-0.3, -0.25) is 0 Å². The molecule has 0 bridgehead atoms. The van der Waals surface area contributed by atoms with Crippen LogP contribution in [0.5, 0.6) is 0 Å². The Hall–Kier alpha value is -0.340. The Labute approximate surface area is 78.8 Å². The molecule has 1 aromatic rings. The van der Waals surface area contributed by atoms with E-state index in [-0.39, 0.29) is 0 Å². The SMILES string of the molecule is CC(C)CN[C@@H](C)c1cccs1. The van der Waals surface area contributed by atoms with Gasteiger partial charge in [0.1, 0.15) is 0 Å². The second-order valence-corrected chi connectivity index (χ2v) is 4.52. The third-order valence-corrected chi connectivity index (χ3v) is 2.86. The van der Waals surface area contributed by atoms with Crippen LogP contribution in [0.25, 0.3) is 0 Å². The minimum absolute atomic E-state index is 0.507. The first-order valence-corrected chi connectivity index (χ1v) is 5.35. The van der Waals surface area contributed by atoms with E-state index in [0.717, 1.165) is 12.5 Å². The zero-order chi connectivity index (χ0) is 8.97. The van der Waals surface area contributed by atoms with E-state index >= 15 is 0 Å². The van der Waals surface area contributed by atoms with Crippen LogP contribution in [0.2, 0.25) is 0 Å². The third kappa shape index (κ3) is 2.95. The molecule has 0 radical (unpaired) electrons. The zero-order valence-electron chi connectivity index (χ0n) is 8.00. The predicted molar refractivity (Wildman–Crippen MR) is 55.6 cm³/mol. The molecule has 1 aromatic heterocycles. The van der Waals surface area contributed by atoms with E-state index < -0.39 is 0 Å². The molecule has 0 fully saturated rings. The van der Waals surface area contributed by atoms with Crippen LogP contribution in [0.15, 0.2) is 17.5 Å². The Morgan fingerprint density at radius 1 is 1.42 bits per heavy atom. The molecule has 1 heterocycles. The van der Waals surface area contributed by atoms with Gasteiger partial charge in [0.25, 0.3) is 0 Å². The van der Waals surface area contributed by atoms with Gasteiger partial charge >= 0.3 is 0 Å². The van der Waals surface area contributed by atoms with Gasteiger partial charge in [0.2, 0.25) is 0 Å². The molecular formula is C10H17NS. The molecule has 2 heteroatoms. The molecular weight excluding hydrogens is 166 g/mol. The van der Waals surface area contributed by atoms with Crippen LogP contribution in [-0.4, -0.2) is 6.54 Å². The summed E-state index contributed by atoms with van der Waals surface area (Å²) in [5, 5.41) is 5.62. The number of hydrogen-bond acceptors (Lipinski definition) is 2. The molecule has 0 unspecified atom stereocenters. The summed E-state index contributed by atoms with van der Waals surface area (Å²) in [5.41, 5.74) is 0. The van der Waals surface area contributed by atoms with Crippen molar-refractivity contribution in [1.29, 1.82) is 0 Å². The van der Waals surface area contributed by atoms with Gasteiger partial charge in [-0.2, -0.15) is 0 Å². The molecule has 0 amide bonds. The van der Waals surface area contributed by atoms with Gasteiger partial charge < -0.3 is 5.32 Å². The van der Waals surface area contributed by atoms with Gasteiger partial charge in [0, 0.05) is 10.9 Å². The lowest BCUT2D eigenvalue weighted by molar-refractivity contribution is 0.500. The second-order valence-electron chi connectivity index (χ2n) is 3.54. The van der Waals surface area contributed by atoms with Crippen molar-refractivity contribution in [2.45, 2.75) is 26.8 Å². The van der Waals surface area contributed by atoms with Crippen LogP contribution in [-0.2, 0) is 0 Å². The third-order valence-electron chi connectivity index (χ3n) is 1.80. The van der Waals surface area contributed by atoms with Crippen molar-refractivity contribution >= 4 is 11.3 Å². The molecule has 0 saturated heterocycles. The zero-order valence-corrected chi connectivity index (χ0v) is 8.82. The summed E-state index contributed by atoms with van der Waals surface area (Å²) >= 11 is 1.82. The molecule has 1 N–H and O–H groups in total. The van der Waals surface area contributed by atoms with E-state index in [1.165, 1.54) is 4.88 Å². The van der Waals surface area contributed by atoms with Crippen LogP contribution in [0.3, 0.4) is 0 Å². The predicted octanol–water partition coefficient (Wildman–Crippen LogP) is 3.05. The summed E-state index contributed by atoms with van der Waals surface area (Å²) in [6.07, 6.45) is 0. The lowest BCUT2D eigenvalue weighted by Gasteiger charge is -2.13. The number of rotatable bonds is 4. The van der Waals surface area contributed by atoms with Crippen molar-refractivity contribution in [3.63, 3.8) is 0 Å². The molecule has 0 aliphatic carbocycles.